The Kier molecular flexibility index (Phi) is 3.98. The largest absolute Gasteiger partial charge is 0.545 e. The second-order valence-corrected chi connectivity index (χ2v) is 3.99. The van der Waals surface area contributed by atoms with Crippen molar-refractivity contribution in [2.24, 2.45) is 0 Å². The Labute approximate surface area is 111 Å². The number of carbonyl (C=O) groups excluding carboxylic acids is 1. The third-order valence-corrected chi connectivity index (χ3v) is 2.71. The number of benzene rings is 2. The van der Waals surface area contributed by atoms with Gasteiger partial charge in [-0.25, -0.2) is 0 Å². The average Bonchev–Trinajstić information content (AvgIpc) is 2.45. The molecule has 3 heteroatoms. The van der Waals surface area contributed by atoms with Crippen molar-refractivity contribution in [3.8, 4) is 5.75 Å². The first kappa shape index (κ1) is 12.9. The molecule has 0 aromatic heterocycles. The number of carbonyl (C=O) groups is 1. The Hall–Kier alpha value is -2.55. The minimum absolute atomic E-state index is 0.147. The van der Waals surface area contributed by atoms with Crippen LogP contribution < -0.4 is 9.84 Å². The molecule has 0 saturated heterocycles. The lowest BCUT2D eigenvalue weighted by molar-refractivity contribution is -0.295. The lowest BCUT2D eigenvalue weighted by atomic mass is 10.0. The number of aliphatic carboxylic acids is 1. The van der Waals surface area contributed by atoms with Crippen molar-refractivity contribution >= 4 is 17.6 Å². The maximum atomic E-state index is 11.2. The molecule has 19 heavy (non-hydrogen) atoms. The highest BCUT2D eigenvalue weighted by molar-refractivity contribution is 6.19. The van der Waals surface area contributed by atoms with Crippen LogP contribution in [0, 0.1) is 0 Å². The molecule has 0 bridgehead atoms. The van der Waals surface area contributed by atoms with Crippen molar-refractivity contribution in [2.75, 3.05) is 7.11 Å². The summed E-state index contributed by atoms with van der Waals surface area (Å²) >= 11 is 0. The summed E-state index contributed by atoms with van der Waals surface area (Å²) in [4.78, 5) is 11.2. The Morgan fingerprint density at radius 2 is 1.84 bits per heavy atom. The fourth-order valence-electron chi connectivity index (χ4n) is 1.78. The molecule has 2 aromatic carbocycles. The van der Waals surface area contributed by atoms with Crippen molar-refractivity contribution < 1.29 is 14.6 Å². The third-order valence-electron chi connectivity index (χ3n) is 2.71. The van der Waals surface area contributed by atoms with Crippen LogP contribution in [0.2, 0.25) is 0 Å². The Balaban J connectivity index is 2.44. The average molecular weight is 253 g/mol. The smallest absolute Gasteiger partial charge is 0.119 e. The molecule has 0 N–H and O–H groups in total. The first-order valence-corrected chi connectivity index (χ1v) is 5.83. The predicted octanol–water partition coefficient (Wildman–Crippen LogP) is 1.99. The highest BCUT2D eigenvalue weighted by atomic mass is 16.5. The van der Waals surface area contributed by atoms with E-state index in [0.717, 1.165) is 5.56 Å². The van der Waals surface area contributed by atoms with Crippen LogP contribution in [0.3, 0.4) is 0 Å². The topological polar surface area (TPSA) is 49.4 Å². The minimum Gasteiger partial charge on any atom is -0.545 e. The molecule has 2 rings (SSSR count). The molecule has 0 aliphatic rings. The maximum absolute atomic E-state index is 11.2. The first-order chi connectivity index (χ1) is 9.20. The summed E-state index contributed by atoms with van der Waals surface area (Å²) in [5.74, 6) is -0.520. The summed E-state index contributed by atoms with van der Waals surface area (Å²) in [6, 6.07) is 16.1. The van der Waals surface area contributed by atoms with E-state index in [2.05, 4.69) is 0 Å². The van der Waals surface area contributed by atoms with Gasteiger partial charge in [-0.3, -0.25) is 0 Å². The third kappa shape index (κ3) is 3.22. The molecule has 96 valence electrons. The van der Waals surface area contributed by atoms with Crippen LogP contribution in [0.4, 0.5) is 0 Å². The zero-order valence-corrected chi connectivity index (χ0v) is 10.5. The Morgan fingerprint density at radius 3 is 2.47 bits per heavy atom. The lowest BCUT2D eigenvalue weighted by Crippen LogP contribution is -2.23. The van der Waals surface area contributed by atoms with E-state index < -0.39 is 5.97 Å². The van der Waals surface area contributed by atoms with E-state index in [-0.39, 0.29) is 5.57 Å². The van der Waals surface area contributed by atoms with Gasteiger partial charge in [0.25, 0.3) is 0 Å². The second kappa shape index (κ2) is 5.87. The number of methoxy groups -OCH3 is 1. The number of hydrogen-bond acceptors (Lipinski definition) is 3. The monoisotopic (exact) mass is 253 g/mol. The fourth-order valence-corrected chi connectivity index (χ4v) is 1.78. The second-order valence-electron chi connectivity index (χ2n) is 3.99. The molecular formula is C16H13O3-. The molecule has 0 fully saturated rings. The molecule has 0 saturated carbocycles. The normalized spacial score (nSPS) is 11.1. The van der Waals surface area contributed by atoms with E-state index in [1.165, 1.54) is 0 Å². The Bertz CT molecular complexity index is 600. The predicted molar refractivity (Wildman–Crippen MR) is 72.3 cm³/mol. The van der Waals surface area contributed by atoms with Crippen LogP contribution in [0.1, 0.15) is 11.1 Å². The van der Waals surface area contributed by atoms with Gasteiger partial charge < -0.3 is 14.6 Å². The highest BCUT2D eigenvalue weighted by Gasteiger charge is 2.03. The summed E-state index contributed by atoms with van der Waals surface area (Å²) in [6.45, 7) is 0. The standard InChI is InChI=1S/C16H14O3/c1-19-14-9-5-6-12(10-14)11-15(16(17)18)13-7-3-2-4-8-13/h2-11H,1H3,(H,17,18)/p-1/b15-11-. The van der Waals surface area contributed by atoms with Crippen LogP contribution >= 0.6 is 0 Å². The van der Waals surface area contributed by atoms with Gasteiger partial charge in [0.2, 0.25) is 0 Å². The number of ether oxygens (including phenoxy) is 1. The van der Waals surface area contributed by atoms with E-state index in [1.54, 1.807) is 49.6 Å². The number of hydrogen-bond donors (Lipinski definition) is 0. The Morgan fingerprint density at radius 1 is 1.11 bits per heavy atom. The molecule has 0 radical (unpaired) electrons. The van der Waals surface area contributed by atoms with Gasteiger partial charge in [0.05, 0.1) is 13.1 Å². The summed E-state index contributed by atoms with van der Waals surface area (Å²) in [6.07, 6.45) is 1.58. The van der Waals surface area contributed by atoms with E-state index in [0.29, 0.717) is 11.3 Å². The van der Waals surface area contributed by atoms with E-state index in [9.17, 15) is 9.90 Å². The molecule has 0 heterocycles. The summed E-state index contributed by atoms with van der Waals surface area (Å²) in [5, 5.41) is 11.2. The van der Waals surface area contributed by atoms with E-state index in [1.807, 2.05) is 18.2 Å². The summed E-state index contributed by atoms with van der Waals surface area (Å²) < 4.78 is 5.11. The van der Waals surface area contributed by atoms with Crippen molar-refractivity contribution in [3.63, 3.8) is 0 Å². The fraction of sp³-hybridized carbons (Fsp3) is 0.0625. The van der Waals surface area contributed by atoms with Gasteiger partial charge in [-0.2, -0.15) is 0 Å². The summed E-state index contributed by atoms with van der Waals surface area (Å²) in [5.41, 5.74) is 1.52. The molecular weight excluding hydrogens is 240 g/mol. The number of rotatable bonds is 4. The van der Waals surface area contributed by atoms with Crippen molar-refractivity contribution in [3.05, 3.63) is 65.7 Å². The van der Waals surface area contributed by atoms with Gasteiger partial charge >= 0.3 is 0 Å². The molecule has 0 unspecified atom stereocenters. The SMILES string of the molecule is COc1cccc(/C=C(\C(=O)[O-])c2ccccc2)c1. The zero-order valence-electron chi connectivity index (χ0n) is 10.5. The van der Waals surface area contributed by atoms with E-state index >= 15 is 0 Å². The van der Waals surface area contributed by atoms with Crippen molar-refractivity contribution in [2.45, 2.75) is 0 Å². The minimum atomic E-state index is -1.20. The van der Waals surface area contributed by atoms with Gasteiger partial charge in [0.1, 0.15) is 5.75 Å². The van der Waals surface area contributed by atoms with Gasteiger partial charge in [0, 0.05) is 5.57 Å². The summed E-state index contributed by atoms with van der Waals surface area (Å²) in [7, 11) is 1.57. The molecule has 3 nitrogen and oxygen atoms in total. The molecule has 0 aliphatic carbocycles. The van der Waals surface area contributed by atoms with Gasteiger partial charge in [-0.15, -0.1) is 0 Å². The zero-order chi connectivity index (χ0) is 13.7. The van der Waals surface area contributed by atoms with Crippen LogP contribution in [0.25, 0.3) is 11.6 Å². The van der Waals surface area contributed by atoms with Crippen LogP contribution in [-0.2, 0) is 4.79 Å². The lowest BCUT2D eigenvalue weighted by Gasteiger charge is -2.09. The quantitative estimate of drug-likeness (QED) is 0.618. The number of carboxylic acid groups (broad SMARTS) is 1. The van der Waals surface area contributed by atoms with Gasteiger partial charge in [-0.05, 0) is 29.3 Å². The molecule has 0 aliphatic heterocycles. The first-order valence-electron chi connectivity index (χ1n) is 5.83. The van der Waals surface area contributed by atoms with Crippen LogP contribution in [0.15, 0.2) is 54.6 Å². The van der Waals surface area contributed by atoms with Gasteiger partial charge in [-0.1, -0.05) is 42.5 Å². The molecule has 0 atom stereocenters. The van der Waals surface area contributed by atoms with Crippen LogP contribution in [-0.4, -0.2) is 13.1 Å². The number of carboxylic acids is 1. The van der Waals surface area contributed by atoms with Crippen molar-refractivity contribution in [1.29, 1.82) is 0 Å². The van der Waals surface area contributed by atoms with E-state index in [4.69, 9.17) is 4.74 Å². The molecule has 2 aromatic rings. The molecule has 0 amide bonds. The van der Waals surface area contributed by atoms with Gasteiger partial charge in [0.15, 0.2) is 0 Å². The van der Waals surface area contributed by atoms with Crippen LogP contribution in [0.5, 0.6) is 5.75 Å². The van der Waals surface area contributed by atoms with Crippen molar-refractivity contribution in [1.82, 2.24) is 0 Å². The maximum Gasteiger partial charge on any atom is 0.119 e. The molecule has 0 spiro atoms. The highest BCUT2D eigenvalue weighted by Crippen LogP contribution is 2.20.